The maximum absolute atomic E-state index is 12.9. The van der Waals surface area contributed by atoms with E-state index in [1.807, 2.05) is 0 Å². The van der Waals surface area contributed by atoms with Crippen molar-refractivity contribution in [2.24, 2.45) is 0 Å². The molecule has 0 amide bonds. The summed E-state index contributed by atoms with van der Waals surface area (Å²) in [4.78, 5) is 48.6. The first-order valence-corrected chi connectivity index (χ1v) is 31.7. The van der Waals surface area contributed by atoms with Crippen molar-refractivity contribution in [3.8, 4) is 0 Å². The molecule has 11 nitrogen and oxygen atoms in total. The van der Waals surface area contributed by atoms with E-state index in [0.717, 1.165) is 116 Å². The first-order chi connectivity index (χ1) is 36.2. The van der Waals surface area contributed by atoms with Crippen molar-refractivity contribution in [1.29, 1.82) is 0 Å². The van der Waals surface area contributed by atoms with Gasteiger partial charge in [0, 0.05) is 19.3 Å². The summed E-state index contributed by atoms with van der Waals surface area (Å²) in [7, 11) is -4.76. The van der Waals surface area contributed by atoms with Crippen molar-refractivity contribution in [3.63, 3.8) is 0 Å². The summed E-state index contributed by atoms with van der Waals surface area (Å²) in [6.07, 6.45) is 61.7. The second kappa shape index (κ2) is 56.4. The van der Waals surface area contributed by atoms with Gasteiger partial charge in [-0.1, -0.05) is 236 Å². The van der Waals surface area contributed by atoms with Crippen LogP contribution in [0, 0.1) is 0 Å². The number of allylic oxidation sites excluding steroid dienone is 10. The maximum Gasteiger partial charge on any atom is 0.472 e. The molecule has 0 aromatic heterocycles. The number of carbonyl (C=O) groups is 3. The molecular formula is C62H111O11P. The molecule has 0 aliphatic carbocycles. The molecule has 0 spiro atoms. The lowest BCUT2D eigenvalue weighted by Gasteiger charge is -2.21. The highest BCUT2D eigenvalue weighted by atomic mass is 31.2. The van der Waals surface area contributed by atoms with E-state index in [-0.39, 0.29) is 25.9 Å². The molecule has 0 bridgehead atoms. The van der Waals surface area contributed by atoms with Crippen LogP contribution in [0.2, 0.25) is 0 Å². The molecule has 2 N–H and O–H groups in total. The van der Waals surface area contributed by atoms with Crippen LogP contribution >= 0.6 is 7.82 Å². The van der Waals surface area contributed by atoms with Gasteiger partial charge in [0.05, 0.1) is 19.8 Å². The lowest BCUT2D eigenvalue weighted by Crippen LogP contribution is -2.30. The molecule has 0 radical (unpaired) electrons. The van der Waals surface area contributed by atoms with E-state index in [9.17, 15) is 28.9 Å². The number of hydrogen-bond acceptors (Lipinski definition) is 10. The van der Waals surface area contributed by atoms with E-state index in [1.165, 1.54) is 103 Å². The fraction of sp³-hybridized carbons (Fsp3) is 0.790. The van der Waals surface area contributed by atoms with Crippen LogP contribution in [0.5, 0.6) is 0 Å². The Balaban J connectivity index is 4.72. The van der Waals surface area contributed by atoms with Crippen molar-refractivity contribution < 1.29 is 52.2 Å². The average Bonchev–Trinajstić information content (AvgIpc) is 3.39. The SMILES string of the molecule is CC/C=C\C/C=C\C/C=C\CCCCCCCC(=O)OC(CO)COP(=O)(O)OCC(COC(=O)CCCCCCC/C=C\C/C=C\CCCCC)OC(=O)CCCCCCCCCCCCCCCCCCC. The Kier molecular flexibility index (Phi) is 54.2. The van der Waals surface area contributed by atoms with E-state index in [1.54, 1.807) is 0 Å². The Morgan fingerprint density at radius 3 is 1.11 bits per heavy atom. The number of hydrogen-bond donors (Lipinski definition) is 2. The quantitative estimate of drug-likeness (QED) is 0.0197. The summed E-state index contributed by atoms with van der Waals surface area (Å²) in [5.74, 6) is -1.48. The Bertz CT molecular complexity index is 1470. The monoisotopic (exact) mass is 1060 g/mol. The second-order valence-electron chi connectivity index (χ2n) is 20.1. The van der Waals surface area contributed by atoms with Crippen LogP contribution in [0.15, 0.2) is 60.8 Å². The zero-order chi connectivity index (χ0) is 54.1. The van der Waals surface area contributed by atoms with Crippen LogP contribution in [-0.2, 0) is 42.2 Å². The Labute approximate surface area is 453 Å². The maximum atomic E-state index is 12.9. The van der Waals surface area contributed by atoms with Gasteiger partial charge >= 0.3 is 25.7 Å². The van der Waals surface area contributed by atoms with E-state index < -0.39 is 57.8 Å². The molecule has 0 aromatic rings. The van der Waals surface area contributed by atoms with E-state index in [2.05, 4.69) is 81.5 Å². The normalized spacial score (nSPS) is 13.7. The van der Waals surface area contributed by atoms with Crippen LogP contribution in [0.3, 0.4) is 0 Å². The summed E-state index contributed by atoms with van der Waals surface area (Å²) < 4.78 is 39.6. The van der Waals surface area contributed by atoms with Crippen molar-refractivity contribution in [1.82, 2.24) is 0 Å². The molecule has 430 valence electrons. The van der Waals surface area contributed by atoms with Crippen LogP contribution in [0.25, 0.3) is 0 Å². The van der Waals surface area contributed by atoms with Gasteiger partial charge in [0.1, 0.15) is 12.7 Å². The zero-order valence-electron chi connectivity index (χ0n) is 47.6. The van der Waals surface area contributed by atoms with Crippen LogP contribution in [0.1, 0.15) is 278 Å². The molecule has 0 saturated carbocycles. The molecule has 0 rings (SSSR count). The molecule has 0 heterocycles. The standard InChI is InChI=1S/C62H111O11P/c1-4-7-10-13-16-19-22-25-28-29-32-35-38-41-44-47-50-53-62(66)73-59(55-69-60(64)51-48-45-42-39-36-33-30-26-23-20-17-14-11-8-5-2)57-71-74(67,68)70-56-58(54-63)72-61(65)52-49-46-43-40-37-34-31-27-24-21-18-15-12-9-6-3/h9,12,17-18,20-21,26-27,30-31,58-59,63H,4-8,10-11,13-16,19,22-25,28-29,32-57H2,1-3H3,(H,67,68)/b12-9-,20-17-,21-18-,30-26-,31-27-. The molecule has 74 heavy (non-hydrogen) atoms. The summed E-state index contributed by atoms with van der Waals surface area (Å²) >= 11 is 0. The van der Waals surface area contributed by atoms with Crippen LogP contribution in [-0.4, -0.2) is 66.5 Å². The van der Waals surface area contributed by atoms with Crippen molar-refractivity contribution >= 4 is 25.7 Å². The first kappa shape index (κ1) is 71.2. The summed E-state index contributed by atoms with van der Waals surface area (Å²) in [6, 6.07) is 0. The minimum Gasteiger partial charge on any atom is -0.462 e. The number of unbranched alkanes of at least 4 members (excludes halogenated alkanes) is 29. The highest BCUT2D eigenvalue weighted by Gasteiger charge is 2.28. The second-order valence-corrected chi connectivity index (χ2v) is 21.6. The van der Waals surface area contributed by atoms with E-state index in [0.29, 0.717) is 19.3 Å². The van der Waals surface area contributed by atoms with Gasteiger partial charge in [0.25, 0.3) is 0 Å². The summed E-state index contributed by atoms with van der Waals surface area (Å²) in [5, 5.41) is 9.82. The number of phosphoric acid groups is 1. The molecule has 0 aromatic carbocycles. The lowest BCUT2D eigenvalue weighted by atomic mass is 10.0. The highest BCUT2D eigenvalue weighted by Crippen LogP contribution is 2.43. The summed E-state index contributed by atoms with van der Waals surface area (Å²) in [6.45, 7) is 4.51. The molecule has 0 saturated heterocycles. The predicted molar refractivity (Wildman–Crippen MR) is 307 cm³/mol. The number of phosphoric ester groups is 1. The Morgan fingerprint density at radius 1 is 0.392 bits per heavy atom. The predicted octanol–water partition coefficient (Wildman–Crippen LogP) is 17.9. The molecule has 0 fully saturated rings. The number of rotatable bonds is 56. The van der Waals surface area contributed by atoms with Gasteiger partial charge in [-0.15, -0.1) is 0 Å². The highest BCUT2D eigenvalue weighted by molar-refractivity contribution is 7.47. The molecular weight excluding hydrogens is 952 g/mol. The third-order valence-corrected chi connectivity index (χ3v) is 13.9. The van der Waals surface area contributed by atoms with E-state index in [4.69, 9.17) is 23.3 Å². The van der Waals surface area contributed by atoms with Gasteiger partial charge in [-0.3, -0.25) is 23.4 Å². The first-order valence-electron chi connectivity index (χ1n) is 30.2. The fourth-order valence-corrected chi connectivity index (χ4v) is 9.13. The topological polar surface area (TPSA) is 155 Å². The van der Waals surface area contributed by atoms with Gasteiger partial charge in [-0.05, 0) is 83.5 Å². The third-order valence-electron chi connectivity index (χ3n) is 12.9. The van der Waals surface area contributed by atoms with Gasteiger partial charge < -0.3 is 24.2 Å². The number of carbonyl (C=O) groups excluding carboxylic acids is 3. The smallest absolute Gasteiger partial charge is 0.462 e. The number of aliphatic hydroxyl groups is 1. The van der Waals surface area contributed by atoms with Crippen LogP contribution in [0.4, 0.5) is 0 Å². The molecule has 0 aliphatic rings. The number of aliphatic hydroxyl groups excluding tert-OH is 1. The van der Waals surface area contributed by atoms with Crippen molar-refractivity contribution in [2.75, 3.05) is 26.4 Å². The summed E-state index contributed by atoms with van der Waals surface area (Å²) in [5.41, 5.74) is 0. The molecule has 12 heteroatoms. The average molecular weight is 1060 g/mol. The largest absolute Gasteiger partial charge is 0.472 e. The fourth-order valence-electron chi connectivity index (χ4n) is 8.34. The van der Waals surface area contributed by atoms with Gasteiger partial charge in [-0.2, -0.15) is 0 Å². The molecule has 0 aliphatic heterocycles. The minimum absolute atomic E-state index is 0.157. The lowest BCUT2D eigenvalue weighted by molar-refractivity contribution is -0.161. The molecule has 3 atom stereocenters. The third kappa shape index (κ3) is 54.0. The Hall–Kier alpha value is -2.82. The number of esters is 3. The van der Waals surface area contributed by atoms with Gasteiger partial charge in [0.2, 0.25) is 0 Å². The van der Waals surface area contributed by atoms with Gasteiger partial charge in [0.15, 0.2) is 6.10 Å². The Morgan fingerprint density at radius 2 is 0.703 bits per heavy atom. The molecule has 3 unspecified atom stereocenters. The van der Waals surface area contributed by atoms with Crippen LogP contribution < -0.4 is 0 Å². The minimum atomic E-state index is -4.76. The van der Waals surface area contributed by atoms with Gasteiger partial charge in [-0.25, -0.2) is 4.57 Å². The zero-order valence-corrected chi connectivity index (χ0v) is 48.5. The van der Waals surface area contributed by atoms with Crippen molar-refractivity contribution in [3.05, 3.63) is 60.8 Å². The van der Waals surface area contributed by atoms with Crippen molar-refractivity contribution in [2.45, 2.75) is 290 Å². The van der Waals surface area contributed by atoms with E-state index >= 15 is 0 Å². The number of ether oxygens (including phenoxy) is 3.